The van der Waals surface area contributed by atoms with E-state index < -0.39 is 5.82 Å². The Hall–Kier alpha value is -3.93. The van der Waals surface area contributed by atoms with Gasteiger partial charge in [-0.2, -0.15) is 0 Å². The summed E-state index contributed by atoms with van der Waals surface area (Å²) in [5.41, 5.74) is 4.39. The van der Waals surface area contributed by atoms with Crippen LogP contribution in [0.3, 0.4) is 0 Å². The van der Waals surface area contributed by atoms with Gasteiger partial charge in [-0.15, -0.1) is 0 Å². The SMILES string of the molecule is O=C1Nc2cc(F)ccc2/C1=C(/Nc1ccc(C(=O)N2CCCCC2)cc1)c1ccccc1. The van der Waals surface area contributed by atoms with E-state index in [9.17, 15) is 14.0 Å². The van der Waals surface area contributed by atoms with Crippen molar-refractivity contribution < 1.29 is 14.0 Å². The van der Waals surface area contributed by atoms with Gasteiger partial charge < -0.3 is 15.5 Å². The van der Waals surface area contributed by atoms with Crippen molar-refractivity contribution in [2.45, 2.75) is 19.3 Å². The van der Waals surface area contributed by atoms with Crippen molar-refractivity contribution in [1.29, 1.82) is 0 Å². The summed E-state index contributed by atoms with van der Waals surface area (Å²) >= 11 is 0. The third-order valence-corrected chi connectivity index (χ3v) is 6.08. The maximum Gasteiger partial charge on any atom is 0.258 e. The summed E-state index contributed by atoms with van der Waals surface area (Å²) in [5.74, 6) is -0.647. The number of piperidine rings is 1. The van der Waals surface area contributed by atoms with Crippen LogP contribution in [-0.2, 0) is 4.79 Å². The number of amides is 2. The molecule has 0 spiro atoms. The van der Waals surface area contributed by atoms with Crippen LogP contribution in [0.4, 0.5) is 15.8 Å². The van der Waals surface area contributed by atoms with Crippen LogP contribution in [-0.4, -0.2) is 29.8 Å². The van der Waals surface area contributed by atoms with Crippen LogP contribution in [0.2, 0.25) is 0 Å². The van der Waals surface area contributed by atoms with Crippen molar-refractivity contribution in [2.24, 2.45) is 0 Å². The molecule has 5 nitrogen and oxygen atoms in total. The minimum atomic E-state index is -0.404. The number of nitrogens with zero attached hydrogens (tertiary/aromatic N) is 1. The second-order valence-corrected chi connectivity index (χ2v) is 8.32. The maximum absolute atomic E-state index is 13.7. The Balaban J connectivity index is 1.49. The van der Waals surface area contributed by atoms with E-state index in [4.69, 9.17) is 0 Å². The van der Waals surface area contributed by atoms with E-state index in [1.54, 1.807) is 6.07 Å². The van der Waals surface area contributed by atoms with Gasteiger partial charge in [0.1, 0.15) is 5.82 Å². The van der Waals surface area contributed by atoms with Crippen molar-refractivity contribution in [3.05, 3.63) is 95.3 Å². The van der Waals surface area contributed by atoms with E-state index in [1.807, 2.05) is 59.5 Å². The molecule has 3 aromatic rings. The molecule has 33 heavy (non-hydrogen) atoms. The third kappa shape index (κ3) is 4.24. The Labute approximate surface area is 191 Å². The van der Waals surface area contributed by atoms with E-state index in [1.165, 1.54) is 18.6 Å². The van der Waals surface area contributed by atoms with Gasteiger partial charge in [-0.25, -0.2) is 4.39 Å². The first-order valence-electron chi connectivity index (χ1n) is 11.2. The highest BCUT2D eigenvalue weighted by Crippen LogP contribution is 2.37. The lowest BCUT2D eigenvalue weighted by atomic mass is 10.00. The van der Waals surface area contributed by atoms with Crippen molar-refractivity contribution in [3.63, 3.8) is 0 Å². The predicted molar refractivity (Wildman–Crippen MR) is 128 cm³/mol. The standard InChI is InChI=1S/C27H24FN3O2/c28-20-11-14-22-23(17-20)30-26(32)24(22)25(18-7-3-1-4-8-18)29-21-12-9-19(10-13-21)27(33)31-15-5-2-6-16-31/h1,3-4,7-14,17,29H,2,5-6,15-16H2,(H,30,32)/b25-24-. The van der Waals surface area contributed by atoms with Crippen molar-refractivity contribution in [2.75, 3.05) is 23.7 Å². The molecular formula is C27H24FN3O2. The average Bonchev–Trinajstić information content (AvgIpc) is 3.18. The highest BCUT2D eigenvalue weighted by molar-refractivity contribution is 6.37. The van der Waals surface area contributed by atoms with Gasteiger partial charge in [-0.3, -0.25) is 9.59 Å². The average molecular weight is 442 g/mol. The molecule has 0 aliphatic carbocycles. The van der Waals surface area contributed by atoms with Crippen LogP contribution in [0.15, 0.2) is 72.8 Å². The van der Waals surface area contributed by atoms with Gasteiger partial charge >= 0.3 is 0 Å². The summed E-state index contributed by atoms with van der Waals surface area (Å²) < 4.78 is 13.7. The molecule has 0 atom stereocenters. The monoisotopic (exact) mass is 441 g/mol. The van der Waals surface area contributed by atoms with Gasteiger partial charge in [0.2, 0.25) is 0 Å². The van der Waals surface area contributed by atoms with E-state index in [-0.39, 0.29) is 11.8 Å². The highest BCUT2D eigenvalue weighted by atomic mass is 19.1. The van der Waals surface area contributed by atoms with Gasteiger partial charge in [0.25, 0.3) is 11.8 Å². The van der Waals surface area contributed by atoms with Crippen LogP contribution < -0.4 is 10.6 Å². The molecule has 1 fully saturated rings. The summed E-state index contributed by atoms with van der Waals surface area (Å²) in [4.78, 5) is 27.6. The van der Waals surface area contributed by atoms with Gasteiger partial charge in [-0.05, 0) is 67.3 Å². The number of halogens is 1. The second-order valence-electron chi connectivity index (χ2n) is 8.32. The molecule has 0 aromatic heterocycles. The number of benzene rings is 3. The van der Waals surface area contributed by atoms with Gasteiger partial charge in [0, 0.05) is 29.9 Å². The summed E-state index contributed by atoms with van der Waals surface area (Å²) in [6.45, 7) is 1.61. The minimum absolute atomic E-state index is 0.0500. The van der Waals surface area contributed by atoms with Gasteiger partial charge in [0.05, 0.1) is 17.0 Å². The van der Waals surface area contributed by atoms with Crippen LogP contribution >= 0.6 is 0 Å². The lowest BCUT2D eigenvalue weighted by Crippen LogP contribution is -2.35. The molecule has 166 valence electrons. The zero-order valence-electron chi connectivity index (χ0n) is 18.1. The number of rotatable bonds is 4. The highest BCUT2D eigenvalue weighted by Gasteiger charge is 2.29. The number of hydrogen-bond acceptors (Lipinski definition) is 3. The molecule has 6 heteroatoms. The molecule has 0 radical (unpaired) electrons. The molecular weight excluding hydrogens is 417 g/mol. The number of carbonyl (C=O) groups excluding carboxylic acids is 2. The summed E-state index contributed by atoms with van der Waals surface area (Å²) in [6.07, 6.45) is 3.27. The molecule has 2 heterocycles. The Bertz CT molecular complexity index is 1230. The molecule has 0 unspecified atom stereocenters. The van der Waals surface area contributed by atoms with E-state index in [2.05, 4.69) is 10.6 Å². The summed E-state index contributed by atoms with van der Waals surface area (Å²) in [7, 11) is 0. The molecule has 1 saturated heterocycles. The fraction of sp³-hybridized carbons (Fsp3) is 0.185. The normalized spacial score (nSPS) is 16.8. The summed E-state index contributed by atoms with van der Waals surface area (Å²) in [5, 5.41) is 6.13. The molecule has 2 aliphatic heterocycles. The first-order chi connectivity index (χ1) is 16.1. The van der Waals surface area contributed by atoms with Gasteiger partial charge in [0.15, 0.2) is 0 Å². The second kappa shape index (κ2) is 8.90. The third-order valence-electron chi connectivity index (χ3n) is 6.08. The van der Waals surface area contributed by atoms with Gasteiger partial charge in [-0.1, -0.05) is 30.3 Å². The van der Waals surface area contributed by atoms with Crippen LogP contribution in [0, 0.1) is 5.82 Å². The largest absolute Gasteiger partial charge is 0.354 e. The van der Waals surface area contributed by atoms with Crippen LogP contribution in [0.5, 0.6) is 0 Å². The Kier molecular flexibility index (Phi) is 5.65. The van der Waals surface area contributed by atoms with E-state index in [0.29, 0.717) is 28.1 Å². The molecule has 5 rings (SSSR count). The lowest BCUT2D eigenvalue weighted by molar-refractivity contribution is -0.110. The molecule has 2 amide bonds. The molecule has 2 N–H and O–H groups in total. The fourth-order valence-corrected chi connectivity index (χ4v) is 4.40. The Morgan fingerprint density at radius 1 is 0.879 bits per heavy atom. The minimum Gasteiger partial charge on any atom is -0.354 e. The number of nitrogens with one attached hydrogen (secondary N) is 2. The lowest BCUT2D eigenvalue weighted by Gasteiger charge is -2.26. The first-order valence-corrected chi connectivity index (χ1v) is 11.2. The van der Waals surface area contributed by atoms with Crippen molar-refractivity contribution in [1.82, 2.24) is 4.90 Å². The van der Waals surface area contributed by atoms with Crippen molar-refractivity contribution >= 4 is 34.5 Å². The number of fused-ring (bicyclic) bond motifs is 1. The fourth-order valence-electron chi connectivity index (χ4n) is 4.40. The number of likely N-dealkylation sites (tertiary alicyclic amines) is 1. The van der Waals surface area contributed by atoms with E-state index >= 15 is 0 Å². The Morgan fingerprint density at radius 3 is 2.33 bits per heavy atom. The topological polar surface area (TPSA) is 61.4 Å². The van der Waals surface area contributed by atoms with Crippen LogP contribution in [0.1, 0.15) is 40.7 Å². The Morgan fingerprint density at radius 2 is 1.61 bits per heavy atom. The number of carbonyl (C=O) groups is 2. The number of hydrogen-bond donors (Lipinski definition) is 2. The quantitative estimate of drug-likeness (QED) is 0.534. The molecule has 2 aliphatic rings. The van der Waals surface area contributed by atoms with Crippen LogP contribution in [0.25, 0.3) is 11.3 Å². The van der Waals surface area contributed by atoms with Crippen molar-refractivity contribution in [3.8, 4) is 0 Å². The summed E-state index contributed by atoms with van der Waals surface area (Å²) in [6, 6.07) is 21.1. The molecule has 3 aromatic carbocycles. The molecule has 0 saturated carbocycles. The maximum atomic E-state index is 13.7. The zero-order chi connectivity index (χ0) is 22.8. The molecule has 0 bridgehead atoms. The predicted octanol–water partition coefficient (Wildman–Crippen LogP) is 5.38. The smallest absolute Gasteiger partial charge is 0.258 e. The van der Waals surface area contributed by atoms with E-state index in [0.717, 1.165) is 37.2 Å². The zero-order valence-corrected chi connectivity index (χ0v) is 18.1. The first kappa shape index (κ1) is 20.9. The number of anilines is 2.